The molecular formula is C18H20N2. The molecule has 0 amide bonds. The van der Waals surface area contributed by atoms with Gasteiger partial charge < -0.3 is 4.90 Å². The van der Waals surface area contributed by atoms with Crippen molar-refractivity contribution in [3.63, 3.8) is 0 Å². The summed E-state index contributed by atoms with van der Waals surface area (Å²) < 4.78 is 0. The van der Waals surface area contributed by atoms with Crippen LogP contribution in [0.5, 0.6) is 0 Å². The van der Waals surface area contributed by atoms with Crippen LogP contribution in [-0.2, 0) is 0 Å². The van der Waals surface area contributed by atoms with Crippen molar-refractivity contribution in [2.45, 2.75) is 32.7 Å². The Balaban J connectivity index is 2.15. The largest absolute Gasteiger partial charge is 0.368 e. The van der Waals surface area contributed by atoms with Gasteiger partial charge in [0.1, 0.15) is 0 Å². The van der Waals surface area contributed by atoms with Gasteiger partial charge in [-0.05, 0) is 37.8 Å². The summed E-state index contributed by atoms with van der Waals surface area (Å²) in [4.78, 5) is 2.51. The van der Waals surface area contributed by atoms with Crippen molar-refractivity contribution >= 4 is 16.5 Å². The van der Waals surface area contributed by atoms with Crippen LogP contribution in [0.2, 0.25) is 0 Å². The van der Waals surface area contributed by atoms with Crippen molar-refractivity contribution in [3.8, 4) is 6.07 Å². The van der Waals surface area contributed by atoms with Crippen LogP contribution in [0.25, 0.3) is 10.8 Å². The molecule has 0 aliphatic carbocycles. The van der Waals surface area contributed by atoms with E-state index >= 15 is 0 Å². The number of hydrogen-bond donors (Lipinski definition) is 0. The molecule has 2 atom stereocenters. The lowest BCUT2D eigenvalue weighted by Crippen LogP contribution is -2.42. The maximum atomic E-state index is 9.27. The third-order valence-corrected chi connectivity index (χ3v) is 4.70. The Labute approximate surface area is 120 Å². The summed E-state index contributed by atoms with van der Waals surface area (Å²) in [6.45, 7) is 5.76. The van der Waals surface area contributed by atoms with Crippen molar-refractivity contribution in [2.24, 2.45) is 5.92 Å². The molecule has 1 aliphatic heterocycles. The van der Waals surface area contributed by atoms with Crippen LogP contribution in [0.3, 0.4) is 0 Å². The molecule has 0 spiro atoms. The third kappa shape index (κ3) is 2.04. The number of fused-ring (bicyclic) bond motifs is 1. The zero-order chi connectivity index (χ0) is 14.1. The average Bonchev–Trinajstić information content (AvgIpc) is 2.49. The zero-order valence-corrected chi connectivity index (χ0v) is 12.1. The van der Waals surface area contributed by atoms with E-state index in [0.717, 1.165) is 23.4 Å². The second-order valence-electron chi connectivity index (χ2n) is 5.84. The molecule has 0 N–H and O–H groups in total. The van der Waals surface area contributed by atoms with E-state index in [1.165, 1.54) is 23.9 Å². The molecule has 0 bridgehead atoms. The molecule has 1 aliphatic rings. The normalized spacial score (nSPS) is 22.8. The lowest BCUT2D eigenvalue weighted by atomic mass is 9.90. The van der Waals surface area contributed by atoms with Gasteiger partial charge in [0.25, 0.3) is 0 Å². The Hall–Kier alpha value is -2.01. The highest BCUT2D eigenvalue weighted by Gasteiger charge is 2.26. The molecule has 2 unspecified atom stereocenters. The van der Waals surface area contributed by atoms with E-state index in [1.807, 2.05) is 12.1 Å². The number of rotatable bonds is 1. The monoisotopic (exact) mass is 264 g/mol. The van der Waals surface area contributed by atoms with Gasteiger partial charge in [0.2, 0.25) is 0 Å². The van der Waals surface area contributed by atoms with Gasteiger partial charge in [-0.25, -0.2) is 0 Å². The fraction of sp³-hybridized carbons (Fsp3) is 0.389. The predicted molar refractivity (Wildman–Crippen MR) is 83.9 cm³/mol. The SMILES string of the molecule is CC1CCCN(c2ccc(C#N)c3ccccc23)C1C. The average molecular weight is 264 g/mol. The summed E-state index contributed by atoms with van der Waals surface area (Å²) in [5, 5.41) is 11.5. The maximum absolute atomic E-state index is 9.27. The quantitative estimate of drug-likeness (QED) is 0.766. The van der Waals surface area contributed by atoms with E-state index in [9.17, 15) is 5.26 Å². The van der Waals surface area contributed by atoms with E-state index in [0.29, 0.717) is 6.04 Å². The third-order valence-electron chi connectivity index (χ3n) is 4.70. The van der Waals surface area contributed by atoms with Gasteiger partial charge in [-0.3, -0.25) is 0 Å². The Bertz CT molecular complexity index is 669. The molecule has 2 aromatic rings. The summed E-state index contributed by atoms with van der Waals surface area (Å²) in [6.07, 6.45) is 2.56. The Morgan fingerprint density at radius 2 is 1.85 bits per heavy atom. The van der Waals surface area contributed by atoms with Crippen molar-refractivity contribution in [1.82, 2.24) is 0 Å². The van der Waals surface area contributed by atoms with Crippen LogP contribution in [0, 0.1) is 17.2 Å². The molecule has 2 aromatic carbocycles. The molecule has 2 nitrogen and oxygen atoms in total. The first-order valence-electron chi connectivity index (χ1n) is 7.41. The maximum Gasteiger partial charge on any atom is 0.0998 e. The lowest BCUT2D eigenvalue weighted by Gasteiger charge is -2.40. The molecule has 0 radical (unpaired) electrons. The summed E-state index contributed by atoms with van der Waals surface area (Å²) in [5.41, 5.74) is 2.04. The van der Waals surface area contributed by atoms with Crippen molar-refractivity contribution in [3.05, 3.63) is 42.0 Å². The first-order valence-corrected chi connectivity index (χ1v) is 7.41. The number of benzene rings is 2. The first kappa shape index (κ1) is 13.0. The fourth-order valence-electron chi connectivity index (χ4n) is 3.31. The number of anilines is 1. The smallest absolute Gasteiger partial charge is 0.0998 e. The van der Waals surface area contributed by atoms with Crippen LogP contribution < -0.4 is 4.90 Å². The number of nitriles is 1. The summed E-state index contributed by atoms with van der Waals surface area (Å²) in [5.74, 6) is 0.721. The van der Waals surface area contributed by atoms with Gasteiger partial charge >= 0.3 is 0 Å². The minimum absolute atomic E-state index is 0.556. The molecule has 0 saturated carbocycles. The molecule has 102 valence electrons. The summed E-state index contributed by atoms with van der Waals surface area (Å²) >= 11 is 0. The predicted octanol–water partition coefficient (Wildman–Crippen LogP) is 4.34. The molecule has 3 rings (SSSR count). The molecule has 1 heterocycles. The van der Waals surface area contributed by atoms with E-state index < -0.39 is 0 Å². The van der Waals surface area contributed by atoms with E-state index in [2.05, 4.69) is 49.1 Å². The second kappa shape index (κ2) is 5.17. The highest BCUT2D eigenvalue weighted by atomic mass is 15.2. The number of piperidine rings is 1. The molecular weight excluding hydrogens is 244 g/mol. The van der Waals surface area contributed by atoms with Crippen LogP contribution in [0.1, 0.15) is 32.3 Å². The Morgan fingerprint density at radius 3 is 2.60 bits per heavy atom. The van der Waals surface area contributed by atoms with Gasteiger partial charge in [0.05, 0.1) is 11.6 Å². The highest BCUT2D eigenvalue weighted by molar-refractivity contribution is 5.98. The molecule has 0 aromatic heterocycles. The highest BCUT2D eigenvalue weighted by Crippen LogP contribution is 2.34. The number of hydrogen-bond acceptors (Lipinski definition) is 2. The minimum Gasteiger partial charge on any atom is -0.368 e. The van der Waals surface area contributed by atoms with E-state index in [4.69, 9.17) is 0 Å². The van der Waals surface area contributed by atoms with Crippen LogP contribution >= 0.6 is 0 Å². The molecule has 2 heteroatoms. The van der Waals surface area contributed by atoms with Crippen molar-refractivity contribution in [2.75, 3.05) is 11.4 Å². The van der Waals surface area contributed by atoms with E-state index in [-0.39, 0.29) is 0 Å². The van der Waals surface area contributed by atoms with Gasteiger partial charge in [-0.2, -0.15) is 5.26 Å². The van der Waals surface area contributed by atoms with Crippen molar-refractivity contribution < 1.29 is 0 Å². The standard InChI is InChI=1S/C18H20N2/c1-13-6-5-11-20(14(13)2)18-10-9-15(12-19)16-7-3-4-8-17(16)18/h3-4,7-10,13-14H,5-6,11H2,1-2H3. The number of nitrogens with zero attached hydrogens (tertiary/aromatic N) is 2. The van der Waals surface area contributed by atoms with Gasteiger partial charge in [0.15, 0.2) is 0 Å². The van der Waals surface area contributed by atoms with Crippen LogP contribution in [-0.4, -0.2) is 12.6 Å². The van der Waals surface area contributed by atoms with Crippen molar-refractivity contribution in [1.29, 1.82) is 5.26 Å². The van der Waals surface area contributed by atoms with Crippen LogP contribution in [0.15, 0.2) is 36.4 Å². The first-order chi connectivity index (χ1) is 9.72. The summed E-state index contributed by atoms with van der Waals surface area (Å²) in [6, 6.07) is 15.2. The minimum atomic E-state index is 0.556. The van der Waals surface area contributed by atoms with Gasteiger partial charge in [-0.1, -0.05) is 31.2 Å². The lowest BCUT2D eigenvalue weighted by molar-refractivity contribution is 0.364. The molecule has 20 heavy (non-hydrogen) atoms. The fourth-order valence-corrected chi connectivity index (χ4v) is 3.31. The van der Waals surface area contributed by atoms with Gasteiger partial charge in [-0.15, -0.1) is 0 Å². The van der Waals surface area contributed by atoms with Gasteiger partial charge in [0, 0.05) is 29.0 Å². The van der Waals surface area contributed by atoms with E-state index in [1.54, 1.807) is 0 Å². The Kier molecular flexibility index (Phi) is 3.36. The summed E-state index contributed by atoms with van der Waals surface area (Å²) in [7, 11) is 0. The topological polar surface area (TPSA) is 27.0 Å². The molecule has 1 saturated heterocycles. The zero-order valence-electron chi connectivity index (χ0n) is 12.1. The van der Waals surface area contributed by atoms with Crippen LogP contribution in [0.4, 0.5) is 5.69 Å². The second-order valence-corrected chi connectivity index (χ2v) is 5.84. The Morgan fingerprint density at radius 1 is 1.10 bits per heavy atom. The molecule has 1 fully saturated rings.